The van der Waals surface area contributed by atoms with Crippen molar-refractivity contribution in [3.8, 4) is 17.2 Å². The summed E-state index contributed by atoms with van der Waals surface area (Å²) < 4.78 is 5.88. The minimum Gasteiger partial charge on any atom is -0.507 e. The zero-order valence-corrected chi connectivity index (χ0v) is 12.7. The summed E-state index contributed by atoms with van der Waals surface area (Å²) in [7, 11) is 0. The molecule has 0 saturated heterocycles. The first kappa shape index (κ1) is 13.1. The van der Waals surface area contributed by atoms with E-state index >= 15 is 0 Å². The Morgan fingerprint density at radius 1 is 0.750 bits per heavy atom. The number of hydrogen-bond donors (Lipinski definition) is 1. The van der Waals surface area contributed by atoms with Gasteiger partial charge in [-0.05, 0) is 51.9 Å². The van der Waals surface area contributed by atoms with Crippen LogP contribution in [0.1, 0.15) is 0 Å². The molecule has 114 valence electrons. The van der Waals surface area contributed by atoms with Crippen molar-refractivity contribution < 1.29 is 9.52 Å². The number of fused-ring (bicyclic) bond motifs is 3. The third-order valence-corrected chi connectivity index (χ3v) is 4.37. The summed E-state index contributed by atoms with van der Waals surface area (Å²) in [5.41, 5.74) is 2.13. The van der Waals surface area contributed by atoms with Crippen LogP contribution in [0.5, 0.6) is 5.75 Å². The second kappa shape index (κ2) is 4.83. The number of oxazole rings is 1. The number of rotatable bonds is 1. The van der Waals surface area contributed by atoms with Gasteiger partial charge in [0.1, 0.15) is 11.3 Å². The van der Waals surface area contributed by atoms with E-state index in [4.69, 9.17) is 4.42 Å². The monoisotopic (exact) mass is 311 g/mol. The fourth-order valence-corrected chi connectivity index (χ4v) is 3.21. The number of phenolic OH excluding ortho intramolecular Hbond substituents is 1. The highest BCUT2D eigenvalue weighted by molar-refractivity contribution is 6.06. The Labute approximate surface area is 137 Å². The summed E-state index contributed by atoms with van der Waals surface area (Å²) in [4.78, 5) is 4.55. The van der Waals surface area contributed by atoms with Crippen LogP contribution in [0.15, 0.2) is 77.2 Å². The fraction of sp³-hybridized carbons (Fsp3) is 0. The van der Waals surface area contributed by atoms with Crippen LogP contribution in [-0.4, -0.2) is 10.1 Å². The van der Waals surface area contributed by atoms with Gasteiger partial charge in [-0.2, -0.15) is 0 Å². The third-order valence-electron chi connectivity index (χ3n) is 4.37. The molecule has 0 bridgehead atoms. The minimum atomic E-state index is 0.171. The maximum Gasteiger partial charge on any atom is 0.231 e. The van der Waals surface area contributed by atoms with E-state index in [1.807, 2.05) is 42.5 Å². The van der Waals surface area contributed by atoms with E-state index in [-0.39, 0.29) is 5.75 Å². The van der Waals surface area contributed by atoms with Gasteiger partial charge in [0.05, 0.1) is 5.56 Å². The van der Waals surface area contributed by atoms with Crippen molar-refractivity contribution in [1.82, 2.24) is 4.98 Å². The van der Waals surface area contributed by atoms with Gasteiger partial charge in [-0.15, -0.1) is 0 Å². The van der Waals surface area contributed by atoms with Crippen molar-refractivity contribution in [2.45, 2.75) is 0 Å². The lowest BCUT2D eigenvalue weighted by atomic mass is 9.99. The number of hydrogen-bond acceptors (Lipinski definition) is 3. The Morgan fingerprint density at radius 3 is 2.33 bits per heavy atom. The van der Waals surface area contributed by atoms with Crippen molar-refractivity contribution >= 4 is 32.6 Å². The quantitative estimate of drug-likeness (QED) is 0.415. The molecule has 1 aromatic heterocycles. The van der Waals surface area contributed by atoms with Gasteiger partial charge in [-0.1, -0.05) is 42.5 Å². The number of aromatic nitrogens is 1. The van der Waals surface area contributed by atoms with Gasteiger partial charge in [0.25, 0.3) is 0 Å². The molecular formula is C21H13NO2. The molecule has 0 aliphatic rings. The van der Waals surface area contributed by atoms with Crippen molar-refractivity contribution in [1.29, 1.82) is 0 Å². The van der Waals surface area contributed by atoms with Crippen molar-refractivity contribution in [3.05, 3.63) is 72.8 Å². The van der Waals surface area contributed by atoms with Crippen molar-refractivity contribution in [2.24, 2.45) is 0 Å². The van der Waals surface area contributed by atoms with E-state index in [1.165, 1.54) is 5.39 Å². The lowest BCUT2D eigenvalue weighted by molar-refractivity contribution is 0.475. The van der Waals surface area contributed by atoms with Gasteiger partial charge in [0.15, 0.2) is 5.58 Å². The van der Waals surface area contributed by atoms with E-state index in [9.17, 15) is 5.11 Å². The Balaban J connectivity index is 1.88. The highest BCUT2D eigenvalue weighted by Gasteiger charge is 2.16. The molecule has 0 unspecified atom stereocenters. The number of nitrogens with zero attached hydrogens (tertiary/aromatic N) is 1. The molecule has 1 N–H and O–H groups in total. The van der Waals surface area contributed by atoms with Crippen LogP contribution in [0.25, 0.3) is 44.1 Å². The van der Waals surface area contributed by atoms with Crippen LogP contribution in [0.4, 0.5) is 0 Å². The molecule has 24 heavy (non-hydrogen) atoms. The zero-order chi connectivity index (χ0) is 16.1. The van der Waals surface area contributed by atoms with Crippen LogP contribution in [-0.2, 0) is 0 Å². The molecule has 3 heteroatoms. The lowest BCUT2D eigenvalue weighted by Gasteiger charge is -2.08. The second-order valence-electron chi connectivity index (χ2n) is 5.87. The molecule has 0 atom stereocenters. The number of para-hydroxylation sites is 2. The molecule has 5 aromatic rings. The van der Waals surface area contributed by atoms with Gasteiger partial charge in [-0.25, -0.2) is 4.98 Å². The average Bonchev–Trinajstić information content (AvgIpc) is 3.03. The lowest BCUT2D eigenvalue weighted by Crippen LogP contribution is -1.84. The van der Waals surface area contributed by atoms with Crippen LogP contribution >= 0.6 is 0 Å². The van der Waals surface area contributed by atoms with Crippen LogP contribution in [0, 0.1) is 0 Å². The molecule has 0 saturated carbocycles. The first-order valence-corrected chi connectivity index (χ1v) is 7.80. The molecule has 0 spiro atoms. The standard InChI is InChI=1S/C21H13NO2/c23-18-10-9-15-11-13-5-1-2-6-14(13)12-16(15)20(18)21-22-17-7-3-4-8-19(17)24-21/h1-12,23H. The predicted molar refractivity (Wildman–Crippen MR) is 96.1 cm³/mol. The fourth-order valence-electron chi connectivity index (χ4n) is 3.21. The Kier molecular flexibility index (Phi) is 2.65. The summed E-state index contributed by atoms with van der Waals surface area (Å²) in [5, 5.41) is 14.7. The van der Waals surface area contributed by atoms with Gasteiger partial charge >= 0.3 is 0 Å². The van der Waals surface area contributed by atoms with Gasteiger partial charge in [0, 0.05) is 0 Å². The molecule has 4 aromatic carbocycles. The number of benzene rings is 4. The summed E-state index contributed by atoms with van der Waals surface area (Å²) in [5.74, 6) is 0.610. The topological polar surface area (TPSA) is 46.3 Å². The van der Waals surface area contributed by atoms with E-state index in [1.54, 1.807) is 6.07 Å². The normalized spacial score (nSPS) is 11.5. The summed E-state index contributed by atoms with van der Waals surface area (Å²) >= 11 is 0. The maximum atomic E-state index is 10.5. The molecule has 0 amide bonds. The van der Waals surface area contributed by atoms with Crippen LogP contribution in [0.3, 0.4) is 0 Å². The molecule has 5 rings (SSSR count). The highest BCUT2D eigenvalue weighted by atomic mass is 16.3. The zero-order valence-electron chi connectivity index (χ0n) is 12.7. The molecule has 3 nitrogen and oxygen atoms in total. The van der Waals surface area contributed by atoms with Gasteiger partial charge < -0.3 is 9.52 Å². The summed E-state index contributed by atoms with van der Waals surface area (Å²) in [6.45, 7) is 0. The summed E-state index contributed by atoms with van der Waals surface area (Å²) in [6.07, 6.45) is 0. The number of phenols is 1. The Bertz CT molecular complexity index is 1190. The Hall–Kier alpha value is -3.33. The third kappa shape index (κ3) is 1.88. The maximum absolute atomic E-state index is 10.5. The van der Waals surface area contributed by atoms with Gasteiger partial charge in [0.2, 0.25) is 5.89 Å². The van der Waals surface area contributed by atoms with E-state index in [2.05, 4.69) is 29.2 Å². The minimum absolute atomic E-state index is 0.171. The van der Waals surface area contributed by atoms with Crippen molar-refractivity contribution in [2.75, 3.05) is 0 Å². The van der Waals surface area contributed by atoms with Gasteiger partial charge in [-0.3, -0.25) is 0 Å². The molecule has 1 heterocycles. The molecule has 0 aliphatic heterocycles. The smallest absolute Gasteiger partial charge is 0.231 e. The molecule has 0 radical (unpaired) electrons. The Morgan fingerprint density at radius 2 is 1.50 bits per heavy atom. The van der Waals surface area contributed by atoms with E-state index < -0.39 is 0 Å². The number of aromatic hydroxyl groups is 1. The first-order chi connectivity index (χ1) is 11.8. The van der Waals surface area contributed by atoms with E-state index in [0.29, 0.717) is 17.0 Å². The predicted octanol–water partition coefficient (Wildman–Crippen LogP) is 5.51. The highest BCUT2D eigenvalue weighted by Crippen LogP contribution is 2.38. The first-order valence-electron chi connectivity index (χ1n) is 7.80. The molecular weight excluding hydrogens is 298 g/mol. The average molecular weight is 311 g/mol. The summed E-state index contributed by atoms with van der Waals surface area (Å²) in [6, 6.07) is 23.6. The van der Waals surface area contributed by atoms with Crippen molar-refractivity contribution in [3.63, 3.8) is 0 Å². The van der Waals surface area contributed by atoms with E-state index in [0.717, 1.165) is 21.7 Å². The molecule has 0 fully saturated rings. The SMILES string of the molecule is Oc1ccc2cc3ccccc3cc2c1-c1nc2ccccc2o1. The molecule has 0 aliphatic carbocycles. The van der Waals surface area contributed by atoms with Crippen LogP contribution in [0.2, 0.25) is 0 Å². The largest absolute Gasteiger partial charge is 0.507 e. The van der Waals surface area contributed by atoms with Crippen LogP contribution < -0.4 is 0 Å². The second-order valence-corrected chi connectivity index (χ2v) is 5.87.